The summed E-state index contributed by atoms with van der Waals surface area (Å²) in [5.74, 6) is 0.128. The monoisotopic (exact) mass is 239 g/mol. The molecule has 2 aliphatic rings. The molecule has 94 valence electrons. The molecule has 0 aliphatic carbocycles. The molecule has 2 heterocycles. The molecule has 0 spiro atoms. The van der Waals surface area contributed by atoms with Crippen LogP contribution in [-0.4, -0.2) is 60.7 Å². The maximum Gasteiger partial charge on any atom is 0.242 e. The van der Waals surface area contributed by atoms with Gasteiger partial charge in [0.25, 0.3) is 0 Å². The number of hydrogen-bond donors (Lipinski definition) is 1. The van der Waals surface area contributed by atoms with E-state index in [9.17, 15) is 14.4 Å². The van der Waals surface area contributed by atoms with Crippen LogP contribution in [0.5, 0.6) is 0 Å². The number of piperidine rings is 1. The average Bonchev–Trinajstić information content (AvgIpc) is 2.29. The summed E-state index contributed by atoms with van der Waals surface area (Å²) < 4.78 is 0. The minimum Gasteiger partial charge on any atom is -0.346 e. The van der Waals surface area contributed by atoms with Gasteiger partial charge in [0, 0.05) is 26.6 Å². The van der Waals surface area contributed by atoms with Gasteiger partial charge >= 0.3 is 0 Å². The van der Waals surface area contributed by atoms with Crippen LogP contribution in [0.1, 0.15) is 12.8 Å². The molecule has 1 atom stereocenters. The topological polar surface area (TPSA) is 69.7 Å². The van der Waals surface area contributed by atoms with E-state index >= 15 is 0 Å². The first-order chi connectivity index (χ1) is 8.06. The highest BCUT2D eigenvalue weighted by molar-refractivity contribution is 5.92. The summed E-state index contributed by atoms with van der Waals surface area (Å²) in [7, 11) is 1.79. The zero-order valence-electron chi connectivity index (χ0n) is 9.94. The number of likely N-dealkylation sites (tertiary alicyclic amines) is 1. The molecule has 0 aromatic heterocycles. The second-order valence-corrected chi connectivity index (χ2v) is 4.73. The molecule has 17 heavy (non-hydrogen) atoms. The number of nitrogens with one attached hydrogen (secondary N) is 1. The van der Waals surface area contributed by atoms with Crippen LogP contribution in [0.2, 0.25) is 0 Å². The molecule has 1 N–H and O–H groups in total. The summed E-state index contributed by atoms with van der Waals surface area (Å²) in [6.45, 7) is 1.46. The third kappa shape index (κ3) is 2.75. The van der Waals surface area contributed by atoms with Crippen molar-refractivity contribution < 1.29 is 14.4 Å². The number of hydrogen-bond acceptors (Lipinski definition) is 3. The molecule has 2 fully saturated rings. The third-order valence-electron chi connectivity index (χ3n) is 3.36. The molecule has 3 amide bonds. The lowest BCUT2D eigenvalue weighted by atomic mass is 9.95. The molecule has 2 saturated heterocycles. The van der Waals surface area contributed by atoms with Crippen LogP contribution in [0, 0.1) is 5.92 Å². The van der Waals surface area contributed by atoms with E-state index in [1.54, 1.807) is 16.8 Å². The van der Waals surface area contributed by atoms with Crippen LogP contribution in [0.3, 0.4) is 0 Å². The Morgan fingerprint density at radius 1 is 1.29 bits per heavy atom. The Labute approximate surface area is 99.9 Å². The van der Waals surface area contributed by atoms with Gasteiger partial charge in [-0.05, 0) is 12.3 Å². The van der Waals surface area contributed by atoms with Crippen LogP contribution in [0.4, 0.5) is 0 Å². The van der Waals surface area contributed by atoms with Crippen LogP contribution in [0.25, 0.3) is 0 Å². The molecule has 6 heteroatoms. The summed E-state index contributed by atoms with van der Waals surface area (Å²) in [4.78, 5) is 37.6. The predicted molar refractivity (Wildman–Crippen MR) is 60.0 cm³/mol. The van der Waals surface area contributed by atoms with Gasteiger partial charge < -0.3 is 15.1 Å². The van der Waals surface area contributed by atoms with Crippen molar-refractivity contribution in [2.24, 2.45) is 5.92 Å². The number of amides is 3. The van der Waals surface area contributed by atoms with Crippen molar-refractivity contribution in [1.82, 2.24) is 15.1 Å². The van der Waals surface area contributed by atoms with Gasteiger partial charge in [-0.3, -0.25) is 14.4 Å². The number of rotatable bonds is 2. The first-order valence-electron chi connectivity index (χ1n) is 5.84. The minimum atomic E-state index is -0.121. The lowest BCUT2D eigenvalue weighted by molar-refractivity contribution is -0.142. The smallest absolute Gasteiger partial charge is 0.242 e. The van der Waals surface area contributed by atoms with E-state index < -0.39 is 0 Å². The second-order valence-electron chi connectivity index (χ2n) is 4.73. The molecular weight excluding hydrogens is 222 g/mol. The van der Waals surface area contributed by atoms with E-state index in [2.05, 4.69) is 5.32 Å². The van der Waals surface area contributed by atoms with Gasteiger partial charge in [-0.25, -0.2) is 0 Å². The fraction of sp³-hybridized carbons (Fsp3) is 0.727. The fourth-order valence-corrected chi connectivity index (χ4v) is 2.24. The zero-order chi connectivity index (χ0) is 12.4. The van der Waals surface area contributed by atoms with Crippen LogP contribution in [0.15, 0.2) is 0 Å². The van der Waals surface area contributed by atoms with Crippen LogP contribution < -0.4 is 5.32 Å². The molecule has 6 nitrogen and oxygen atoms in total. The fourth-order valence-electron chi connectivity index (χ4n) is 2.24. The van der Waals surface area contributed by atoms with Gasteiger partial charge in [0.2, 0.25) is 17.7 Å². The van der Waals surface area contributed by atoms with Gasteiger partial charge in [-0.15, -0.1) is 0 Å². The molecule has 1 unspecified atom stereocenters. The molecule has 2 aliphatic heterocycles. The van der Waals surface area contributed by atoms with Gasteiger partial charge in [0.15, 0.2) is 0 Å². The number of carbonyl (C=O) groups excluding carboxylic acids is 3. The summed E-state index contributed by atoms with van der Waals surface area (Å²) in [6.07, 6.45) is 1.37. The molecule has 0 aromatic rings. The molecule has 0 saturated carbocycles. The van der Waals surface area contributed by atoms with E-state index in [-0.39, 0.29) is 36.7 Å². The quantitative estimate of drug-likeness (QED) is 0.659. The summed E-state index contributed by atoms with van der Waals surface area (Å²) in [6, 6.07) is 0. The molecular formula is C11H17N3O3. The highest BCUT2D eigenvalue weighted by Crippen LogP contribution is 2.18. The Bertz CT molecular complexity index is 356. The Hall–Kier alpha value is -1.59. The lowest BCUT2D eigenvalue weighted by Crippen LogP contribution is -2.53. The number of carbonyl (C=O) groups is 3. The first kappa shape index (κ1) is 11.9. The standard InChI is InChI=1S/C11H17N3O3/c1-13-3-2-8(4-10(13)16)6-14-7-9(15)12-5-11(14)17/h8H,2-7H2,1H3,(H,12,15). The molecule has 0 bridgehead atoms. The Morgan fingerprint density at radius 3 is 2.76 bits per heavy atom. The van der Waals surface area contributed by atoms with Crippen molar-refractivity contribution in [1.29, 1.82) is 0 Å². The van der Waals surface area contributed by atoms with Crippen molar-refractivity contribution in [3.05, 3.63) is 0 Å². The maximum absolute atomic E-state index is 11.6. The zero-order valence-corrected chi connectivity index (χ0v) is 9.94. The highest BCUT2D eigenvalue weighted by Gasteiger charge is 2.29. The van der Waals surface area contributed by atoms with Gasteiger partial charge in [0.1, 0.15) is 0 Å². The number of piperazine rings is 1. The molecule has 2 rings (SSSR count). The first-order valence-corrected chi connectivity index (χ1v) is 5.84. The van der Waals surface area contributed by atoms with Crippen molar-refractivity contribution in [2.45, 2.75) is 12.8 Å². The molecule has 0 radical (unpaired) electrons. The predicted octanol–water partition coefficient (Wildman–Crippen LogP) is -1.19. The van der Waals surface area contributed by atoms with Gasteiger partial charge in [0.05, 0.1) is 13.1 Å². The minimum absolute atomic E-state index is 0.0593. The Kier molecular flexibility index (Phi) is 3.31. The number of nitrogens with zero attached hydrogens (tertiary/aromatic N) is 2. The van der Waals surface area contributed by atoms with Crippen molar-refractivity contribution >= 4 is 17.7 Å². The lowest BCUT2D eigenvalue weighted by Gasteiger charge is -2.34. The van der Waals surface area contributed by atoms with Crippen molar-refractivity contribution in [3.8, 4) is 0 Å². The van der Waals surface area contributed by atoms with Crippen LogP contribution >= 0.6 is 0 Å². The van der Waals surface area contributed by atoms with E-state index in [4.69, 9.17) is 0 Å². The Morgan fingerprint density at radius 2 is 2.06 bits per heavy atom. The SMILES string of the molecule is CN1CCC(CN2CC(=O)NCC2=O)CC1=O. The normalized spacial score (nSPS) is 26.2. The van der Waals surface area contributed by atoms with Crippen molar-refractivity contribution in [3.63, 3.8) is 0 Å². The van der Waals surface area contributed by atoms with Gasteiger partial charge in [-0.1, -0.05) is 0 Å². The van der Waals surface area contributed by atoms with E-state index in [1.165, 1.54) is 0 Å². The largest absolute Gasteiger partial charge is 0.346 e. The Balaban J connectivity index is 1.90. The maximum atomic E-state index is 11.6. The summed E-state index contributed by atoms with van der Waals surface area (Å²) in [5.41, 5.74) is 0. The van der Waals surface area contributed by atoms with E-state index in [1.807, 2.05) is 0 Å². The second kappa shape index (κ2) is 4.73. The van der Waals surface area contributed by atoms with E-state index in [0.29, 0.717) is 13.0 Å². The summed E-state index contributed by atoms with van der Waals surface area (Å²) >= 11 is 0. The average molecular weight is 239 g/mol. The van der Waals surface area contributed by atoms with Crippen molar-refractivity contribution in [2.75, 3.05) is 33.2 Å². The van der Waals surface area contributed by atoms with Crippen LogP contribution in [-0.2, 0) is 14.4 Å². The third-order valence-corrected chi connectivity index (χ3v) is 3.36. The summed E-state index contributed by atoms with van der Waals surface area (Å²) in [5, 5.41) is 2.51. The molecule has 0 aromatic carbocycles. The highest BCUT2D eigenvalue weighted by atomic mass is 16.2. The van der Waals surface area contributed by atoms with E-state index in [0.717, 1.165) is 13.0 Å². The van der Waals surface area contributed by atoms with Gasteiger partial charge in [-0.2, -0.15) is 0 Å².